The van der Waals surface area contributed by atoms with E-state index in [1.807, 2.05) is 176 Å². The number of hydrogen-bond acceptors (Lipinski definition) is 17. The lowest BCUT2D eigenvalue weighted by Gasteiger charge is -2.21. The summed E-state index contributed by atoms with van der Waals surface area (Å²) in [5.74, 6) is 0.736. The van der Waals surface area contributed by atoms with E-state index in [4.69, 9.17) is 60.6 Å². The van der Waals surface area contributed by atoms with Crippen LogP contribution in [0.15, 0.2) is 169 Å². The number of rotatable bonds is 6. The van der Waals surface area contributed by atoms with Crippen LogP contribution in [0.4, 0.5) is 17.1 Å². The fraction of sp³-hybridized carbons (Fsp3) is 0.391. The molecule has 4 heterocycles. The predicted octanol–water partition coefficient (Wildman–Crippen LogP) is 12.0. The van der Waals surface area contributed by atoms with Gasteiger partial charge in [0, 0.05) is 55.1 Å². The number of imidazole rings is 1. The first-order valence-corrected chi connectivity index (χ1v) is 26.5. The number of hydrogen-bond donors (Lipinski definition) is 12. The van der Waals surface area contributed by atoms with Crippen LogP contribution in [-0.4, -0.2) is 89.5 Å². The number of phenolic OH excluding ortho intramolecular Hbond substituents is 2. The van der Waals surface area contributed by atoms with Gasteiger partial charge in [-0.3, -0.25) is 9.98 Å². The molecule has 462 valence electrons. The molecule has 8 rings (SSSR count). The number of thiol groups is 1. The fourth-order valence-electron chi connectivity index (χ4n) is 4.08. The maximum Gasteiger partial charge on any atom is 0.118 e. The minimum absolute atomic E-state index is 0. The quantitative estimate of drug-likeness (QED) is 0.0544. The Morgan fingerprint density at radius 3 is 1.17 bits per heavy atom. The lowest BCUT2D eigenvalue weighted by molar-refractivity contribution is 0.118. The van der Waals surface area contributed by atoms with Gasteiger partial charge in [0.15, 0.2) is 0 Å². The lowest BCUT2D eigenvalue weighted by atomic mass is 10.0. The topological polar surface area (TPSA) is 332 Å². The third-order valence-electron chi connectivity index (χ3n) is 9.91. The summed E-state index contributed by atoms with van der Waals surface area (Å²) in [6.07, 6.45) is 20.8. The number of nitrogens with zero attached hydrogens (tertiary/aromatic N) is 6. The Morgan fingerprint density at radius 1 is 0.561 bits per heavy atom. The van der Waals surface area contributed by atoms with Crippen LogP contribution >= 0.6 is 12.6 Å². The van der Waals surface area contributed by atoms with Crippen molar-refractivity contribution < 1.29 is 20.4 Å². The molecule has 3 aromatic heterocycles. The van der Waals surface area contributed by atoms with E-state index < -0.39 is 5.54 Å². The molecule has 82 heavy (non-hydrogen) atoms. The second-order valence-electron chi connectivity index (χ2n) is 17.0. The number of allylic oxidation sites excluding steroid dienone is 1. The van der Waals surface area contributed by atoms with E-state index in [2.05, 4.69) is 58.3 Å². The maximum atomic E-state index is 8.92. The molecule has 0 bridgehead atoms. The fourth-order valence-corrected chi connectivity index (χ4v) is 4.24. The van der Waals surface area contributed by atoms with Crippen molar-refractivity contribution in [1.29, 1.82) is 0 Å². The van der Waals surface area contributed by atoms with Crippen LogP contribution in [0.3, 0.4) is 0 Å². The van der Waals surface area contributed by atoms with Crippen molar-refractivity contribution in [2.45, 2.75) is 134 Å². The summed E-state index contributed by atoms with van der Waals surface area (Å²) < 4.78 is 1.89. The van der Waals surface area contributed by atoms with Crippen LogP contribution in [0.25, 0.3) is 0 Å². The van der Waals surface area contributed by atoms with Gasteiger partial charge in [0.25, 0.3) is 0 Å². The third kappa shape index (κ3) is 54.8. The number of aromatic hydroxyl groups is 2. The van der Waals surface area contributed by atoms with Gasteiger partial charge in [0.05, 0.1) is 54.0 Å². The first kappa shape index (κ1) is 88.7. The molecule has 1 aliphatic rings. The molecule has 4 aromatic carbocycles. The van der Waals surface area contributed by atoms with Gasteiger partial charge in [-0.05, 0) is 146 Å². The molecule has 0 unspecified atom stereocenters. The highest BCUT2D eigenvalue weighted by molar-refractivity contribution is 7.80. The third-order valence-corrected chi connectivity index (χ3v) is 10.4. The van der Waals surface area contributed by atoms with E-state index in [0.29, 0.717) is 23.6 Å². The highest BCUT2D eigenvalue weighted by atomic mass is 32.1. The standard InChI is InChI=1S/C7H9N.2C7H8O.C7H8S.C6H8N2.C5H7N3.C5H13NO2.C4H6N2.C4H5N.3C3H9N.3CH4/c4*1-6-4-2-3-5-7(6)8;1-5-6(7)3-2-4-8-5;1-4-5(6)2-7-3-8-4;1-2-5(6,3-7)4-8;1-6-3-2-5-4-6;1-2-4-5-3-1;3*1-2-3-4;;;/h2-5H,8H2,1H3;3*2-5,8H,1H3;2-4H,7H2,1H3;2-3H,6H2,1H3;7-8H,2-4,6H2,1H3;2-4H,1H3;1,3-4H,2H2;3*2-4H2,1H3;3*1H4. The highest BCUT2D eigenvalue weighted by Crippen LogP contribution is 2.13. The van der Waals surface area contributed by atoms with Crippen LogP contribution in [0.1, 0.15) is 116 Å². The van der Waals surface area contributed by atoms with Crippen molar-refractivity contribution in [2.75, 3.05) is 50.0 Å². The summed E-state index contributed by atoms with van der Waals surface area (Å²) in [5.41, 5.74) is 44.3. The number of aliphatic hydroxyl groups excluding tert-OH is 2. The van der Waals surface area contributed by atoms with E-state index >= 15 is 0 Å². The van der Waals surface area contributed by atoms with Crippen LogP contribution in [-0.2, 0) is 7.05 Å². The Balaban J connectivity index is -0.000000150. The van der Waals surface area contributed by atoms with E-state index in [0.717, 1.165) is 89.7 Å². The largest absolute Gasteiger partial charge is 0.508 e. The number of aliphatic imine (C=N–C) groups is 1. The molecule has 0 atom stereocenters. The van der Waals surface area contributed by atoms with Gasteiger partial charge in [0.2, 0.25) is 0 Å². The second kappa shape index (κ2) is 61.5. The molecule has 0 saturated heterocycles. The van der Waals surface area contributed by atoms with Gasteiger partial charge in [-0.1, -0.05) is 129 Å². The number of para-hydroxylation sites is 3. The number of aryl methyl sites for hydroxylation is 7. The summed E-state index contributed by atoms with van der Waals surface area (Å²) in [6, 6.07) is 34.0. The smallest absolute Gasteiger partial charge is 0.118 e. The van der Waals surface area contributed by atoms with Crippen LogP contribution < -0.4 is 40.1 Å². The molecular weight excluding hydrogens is 1050 g/mol. The first-order valence-electron chi connectivity index (χ1n) is 26.1. The Bertz CT molecular complexity index is 2010. The molecule has 18 N–H and O–H groups in total. The number of benzene rings is 4. The Labute approximate surface area is 501 Å². The maximum absolute atomic E-state index is 8.92. The molecule has 0 saturated carbocycles. The monoisotopic (exact) mass is 1160 g/mol. The van der Waals surface area contributed by atoms with Crippen LogP contribution in [0, 0.1) is 41.5 Å². The zero-order valence-corrected chi connectivity index (χ0v) is 50.0. The number of pyridine rings is 1. The normalized spacial score (nSPS) is 9.34. The van der Waals surface area contributed by atoms with Crippen LogP contribution in [0.5, 0.6) is 11.5 Å². The molecular formula is C64H111N13O4S. The van der Waals surface area contributed by atoms with E-state index in [1.54, 1.807) is 43.3 Å². The van der Waals surface area contributed by atoms with E-state index in [9.17, 15) is 0 Å². The number of nitrogen functional groups attached to an aromatic ring is 3. The average Bonchev–Trinajstić information content (AvgIpc) is 4.23. The van der Waals surface area contributed by atoms with Crippen LogP contribution in [0.2, 0.25) is 0 Å². The number of aliphatic hydroxyl groups is 2. The van der Waals surface area contributed by atoms with E-state index in [1.165, 1.54) is 11.9 Å². The molecule has 0 amide bonds. The first-order chi connectivity index (χ1) is 37.6. The average molecular weight is 1160 g/mol. The van der Waals surface area contributed by atoms with Gasteiger partial charge in [-0.2, -0.15) is 0 Å². The van der Waals surface area contributed by atoms with Crippen molar-refractivity contribution in [3.05, 3.63) is 193 Å². The minimum Gasteiger partial charge on any atom is -0.508 e. The van der Waals surface area contributed by atoms with Crippen molar-refractivity contribution in [2.24, 2.45) is 35.0 Å². The minimum atomic E-state index is -0.764. The lowest BCUT2D eigenvalue weighted by Crippen LogP contribution is -2.46. The van der Waals surface area contributed by atoms with Crippen molar-refractivity contribution in [3.63, 3.8) is 0 Å². The van der Waals surface area contributed by atoms with Crippen molar-refractivity contribution >= 4 is 35.9 Å². The van der Waals surface area contributed by atoms with Crippen molar-refractivity contribution in [1.82, 2.24) is 24.5 Å². The van der Waals surface area contributed by atoms with Gasteiger partial charge >= 0.3 is 0 Å². The predicted molar refractivity (Wildman–Crippen MR) is 359 cm³/mol. The van der Waals surface area contributed by atoms with Gasteiger partial charge < -0.3 is 65.1 Å². The number of nitrogens with two attached hydrogens (primary N) is 7. The van der Waals surface area contributed by atoms with E-state index in [-0.39, 0.29) is 35.5 Å². The highest BCUT2D eigenvalue weighted by Gasteiger charge is 2.19. The molecule has 0 fully saturated rings. The molecule has 7 aromatic rings. The summed E-state index contributed by atoms with van der Waals surface area (Å²) in [7, 11) is 1.94. The van der Waals surface area contributed by atoms with Crippen molar-refractivity contribution in [3.8, 4) is 11.5 Å². The Hall–Kier alpha value is -7.16. The van der Waals surface area contributed by atoms with Gasteiger partial charge in [-0.25, -0.2) is 15.0 Å². The molecule has 0 aliphatic carbocycles. The summed E-state index contributed by atoms with van der Waals surface area (Å²) in [4.78, 5) is 20.1. The zero-order valence-electron chi connectivity index (χ0n) is 49.1. The number of aromatic nitrogens is 5. The SMILES string of the molecule is C.C.C.C1=CN=CC1.CCC(N)(CO)CO.CCCN.CCCN.CCCN.Cc1ccccc1N.Cc1ccccc1O.Cc1ccccc1O.Cc1ccccc1S.Cc1ncccc1N.Cc1ncncc1N.Cn1ccnc1. The second-order valence-corrected chi connectivity index (χ2v) is 17.5. The molecule has 0 spiro atoms. The molecule has 0 radical (unpaired) electrons. The number of phenols is 2. The molecule has 1 aliphatic heterocycles. The Kier molecular flexibility index (Phi) is 66.5. The summed E-state index contributed by atoms with van der Waals surface area (Å²) >= 11 is 4.20. The Morgan fingerprint density at radius 2 is 0.988 bits per heavy atom. The van der Waals surface area contributed by atoms with Gasteiger partial charge in [0.1, 0.15) is 17.8 Å². The summed E-state index contributed by atoms with van der Waals surface area (Å²) in [6.45, 7) is 21.7. The summed E-state index contributed by atoms with van der Waals surface area (Å²) in [5, 5.41) is 34.8. The van der Waals surface area contributed by atoms with Gasteiger partial charge in [-0.15, -0.1) is 12.6 Å². The molecule has 18 heteroatoms. The molecule has 17 nitrogen and oxygen atoms in total. The zero-order chi connectivity index (χ0) is 60.7. The number of anilines is 3.